The molecule has 0 radical (unpaired) electrons. The molecule has 0 spiro atoms. The zero-order chi connectivity index (χ0) is 14.5. The summed E-state index contributed by atoms with van der Waals surface area (Å²) in [5, 5.41) is 6.64. The molecule has 19 heavy (non-hydrogen) atoms. The average molecular weight is 290 g/mol. The van der Waals surface area contributed by atoms with Crippen molar-refractivity contribution in [2.24, 2.45) is 5.92 Å². The topological polar surface area (TPSA) is 58.2 Å². The number of sulfone groups is 1. The maximum Gasteiger partial charge on any atom is 0.151 e. The van der Waals surface area contributed by atoms with Crippen molar-refractivity contribution < 1.29 is 8.42 Å². The number of nitrogens with one attached hydrogen (secondary N) is 2. The highest BCUT2D eigenvalue weighted by Gasteiger charge is 2.32. The zero-order valence-electron chi connectivity index (χ0n) is 12.8. The fourth-order valence-corrected chi connectivity index (χ4v) is 3.80. The maximum absolute atomic E-state index is 11.9. The number of hydrogen-bond donors (Lipinski definition) is 2. The Bertz CT molecular complexity index is 362. The van der Waals surface area contributed by atoms with E-state index in [0.717, 1.165) is 12.5 Å². The van der Waals surface area contributed by atoms with Gasteiger partial charge in [-0.2, -0.15) is 0 Å². The van der Waals surface area contributed by atoms with Gasteiger partial charge in [-0.1, -0.05) is 6.92 Å². The Balaban J connectivity index is 2.31. The summed E-state index contributed by atoms with van der Waals surface area (Å²) in [7, 11) is -2.93. The van der Waals surface area contributed by atoms with Crippen molar-refractivity contribution in [1.29, 1.82) is 0 Å². The normalized spacial score (nSPS) is 18.5. The van der Waals surface area contributed by atoms with E-state index in [-0.39, 0.29) is 17.0 Å². The molecule has 1 unspecified atom stereocenters. The third-order valence-corrected chi connectivity index (χ3v) is 5.48. The average Bonchev–Trinajstić information content (AvgIpc) is 3.10. The van der Waals surface area contributed by atoms with Gasteiger partial charge < -0.3 is 10.6 Å². The SMILES string of the molecule is CCNCCS(=O)(=O)CCC(C)(C)NC(C)C1CC1. The maximum atomic E-state index is 11.9. The van der Waals surface area contributed by atoms with Crippen LogP contribution in [0.25, 0.3) is 0 Å². The first-order chi connectivity index (χ1) is 8.76. The smallest absolute Gasteiger partial charge is 0.151 e. The first kappa shape index (κ1) is 16.9. The lowest BCUT2D eigenvalue weighted by Crippen LogP contribution is -2.46. The molecule has 2 N–H and O–H groups in total. The predicted octanol–water partition coefficient (Wildman–Crippen LogP) is 1.57. The van der Waals surface area contributed by atoms with Gasteiger partial charge in [0.05, 0.1) is 11.5 Å². The van der Waals surface area contributed by atoms with E-state index >= 15 is 0 Å². The molecule has 0 amide bonds. The lowest BCUT2D eigenvalue weighted by atomic mass is 9.99. The van der Waals surface area contributed by atoms with E-state index in [9.17, 15) is 8.42 Å². The standard InChI is InChI=1S/C14H30N2O2S/c1-5-15-9-11-19(17,18)10-8-14(3,4)16-12(2)13-6-7-13/h12-13,15-16H,5-11H2,1-4H3. The molecule has 0 aliphatic heterocycles. The van der Waals surface area contributed by atoms with Crippen molar-refractivity contribution in [3.05, 3.63) is 0 Å². The van der Waals surface area contributed by atoms with E-state index in [1.807, 2.05) is 6.92 Å². The van der Waals surface area contributed by atoms with E-state index in [1.54, 1.807) is 0 Å². The molecule has 1 saturated carbocycles. The molecule has 114 valence electrons. The minimum Gasteiger partial charge on any atom is -0.316 e. The van der Waals surface area contributed by atoms with Gasteiger partial charge in [0.15, 0.2) is 9.84 Å². The second-order valence-electron chi connectivity index (χ2n) is 6.41. The summed E-state index contributed by atoms with van der Waals surface area (Å²) in [5.74, 6) is 1.31. The van der Waals surface area contributed by atoms with Gasteiger partial charge in [-0.3, -0.25) is 0 Å². The Morgan fingerprint density at radius 1 is 1.26 bits per heavy atom. The van der Waals surface area contributed by atoms with Gasteiger partial charge in [0.1, 0.15) is 0 Å². The van der Waals surface area contributed by atoms with E-state index in [2.05, 4.69) is 31.4 Å². The predicted molar refractivity (Wildman–Crippen MR) is 81.2 cm³/mol. The molecule has 0 saturated heterocycles. The largest absolute Gasteiger partial charge is 0.316 e. The van der Waals surface area contributed by atoms with Crippen LogP contribution in [-0.2, 0) is 9.84 Å². The summed E-state index contributed by atoms with van der Waals surface area (Å²) < 4.78 is 23.8. The fourth-order valence-electron chi connectivity index (χ4n) is 2.32. The van der Waals surface area contributed by atoms with Crippen LogP contribution in [0.1, 0.15) is 47.0 Å². The van der Waals surface area contributed by atoms with Crippen LogP contribution in [0.3, 0.4) is 0 Å². The lowest BCUT2D eigenvalue weighted by molar-refractivity contribution is 0.317. The van der Waals surface area contributed by atoms with Crippen molar-refractivity contribution in [1.82, 2.24) is 10.6 Å². The van der Waals surface area contributed by atoms with Crippen molar-refractivity contribution in [3.8, 4) is 0 Å². The molecular formula is C14H30N2O2S. The Morgan fingerprint density at radius 2 is 1.89 bits per heavy atom. The van der Waals surface area contributed by atoms with E-state index in [4.69, 9.17) is 0 Å². The van der Waals surface area contributed by atoms with Gasteiger partial charge >= 0.3 is 0 Å². The summed E-state index contributed by atoms with van der Waals surface area (Å²) in [6.07, 6.45) is 3.30. The zero-order valence-corrected chi connectivity index (χ0v) is 13.6. The third kappa shape index (κ3) is 7.28. The Kier molecular flexibility index (Phi) is 6.27. The molecule has 0 aromatic rings. The first-order valence-electron chi connectivity index (χ1n) is 7.44. The Morgan fingerprint density at radius 3 is 2.42 bits per heavy atom. The van der Waals surface area contributed by atoms with Crippen molar-refractivity contribution in [2.45, 2.75) is 58.5 Å². The highest BCUT2D eigenvalue weighted by atomic mass is 32.2. The molecule has 0 aromatic carbocycles. The molecule has 4 nitrogen and oxygen atoms in total. The van der Waals surface area contributed by atoms with Crippen LogP contribution in [0.2, 0.25) is 0 Å². The molecule has 1 fully saturated rings. The molecule has 1 atom stereocenters. The second-order valence-corrected chi connectivity index (χ2v) is 8.71. The Labute approximate surface area is 118 Å². The fraction of sp³-hybridized carbons (Fsp3) is 1.00. The minimum absolute atomic E-state index is 0.104. The highest BCUT2D eigenvalue weighted by Crippen LogP contribution is 2.33. The lowest BCUT2D eigenvalue weighted by Gasteiger charge is -2.30. The van der Waals surface area contributed by atoms with Crippen LogP contribution >= 0.6 is 0 Å². The van der Waals surface area contributed by atoms with E-state index < -0.39 is 9.84 Å². The van der Waals surface area contributed by atoms with Gasteiger partial charge in [0, 0.05) is 18.1 Å². The van der Waals surface area contributed by atoms with Crippen LogP contribution in [0.15, 0.2) is 0 Å². The van der Waals surface area contributed by atoms with Gasteiger partial charge in [-0.15, -0.1) is 0 Å². The van der Waals surface area contributed by atoms with Crippen molar-refractivity contribution in [2.75, 3.05) is 24.6 Å². The van der Waals surface area contributed by atoms with Crippen molar-refractivity contribution >= 4 is 9.84 Å². The number of rotatable bonds is 10. The summed E-state index contributed by atoms with van der Waals surface area (Å²) in [6.45, 7) is 9.78. The summed E-state index contributed by atoms with van der Waals surface area (Å²) in [6, 6.07) is 0.500. The molecule has 1 rings (SSSR count). The van der Waals surface area contributed by atoms with Crippen LogP contribution in [0.4, 0.5) is 0 Å². The quantitative estimate of drug-likeness (QED) is 0.600. The summed E-state index contributed by atoms with van der Waals surface area (Å²) in [4.78, 5) is 0. The van der Waals surface area contributed by atoms with Gasteiger partial charge in [0.2, 0.25) is 0 Å². The second kappa shape index (κ2) is 7.04. The molecule has 0 heterocycles. The molecule has 1 aliphatic carbocycles. The van der Waals surface area contributed by atoms with Crippen LogP contribution in [0.5, 0.6) is 0 Å². The van der Waals surface area contributed by atoms with Gasteiger partial charge in [-0.25, -0.2) is 8.42 Å². The summed E-state index contributed by atoms with van der Waals surface area (Å²) in [5.41, 5.74) is -0.104. The minimum atomic E-state index is -2.93. The summed E-state index contributed by atoms with van der Waals surface area (Å²) >= 11 is 0. The number of hydrogen-bond acceptors (Lipinski definition) is 4. The van der Waals surface area contributed by atoms with E-state index in [0.29, 0.717) is 19.0 Å². The van der Waals surface area contributed by atoms with Crippen LogP contribution < -0.4 is 10.6 Å². The monoisotopic (exact) mass is 290 g/mol. The van der Waals surface area contributed by atoms with Crippen LogP contribution in [-0.4, -0.2) is 44.6 Å². The molecular weight excluding hydrogens is 260 g/mol. The molecule has 1 aliphatic rings. The van der Waals surface area contributed by atoms with E-state index in [1.165, 1.54) is 12.8 Å². The van der Waals surface area contributed by atoms with Gasteiger partial charge in [0.25, 0.3) is 0 Å². The molecule has 0 aromatic heterocycles. The first-order valence-corrected chi connectivity index (χ1v) is 9.27. The van der Waals surface area contributed by atoms with Gasteiger partial charge in [-0.05, 0) is 52.5 Å². The highest BCUT2D eigenvalue weighted by molar-refractivity contribution is 7.91. The van der Waals surface area contributed by atoms with Crippen LogP contribution in [0, 0.1) is 5.92 Å². The molecule has 5 heteroatoms. The molecule has 0 bridgehead atoms. The Hall–Kier alpha value is -0.130. The third-order valence-electron chi connectivity index (χ3n) is 3.83. The van der Waals surface area contributed by atoms with Crippen molar-refractivity contribution in [3.63, 3.8) is 0 Å².